The molecule has 0 fully saturated rings. The fraction of sp³-hybridized carbons (Fsp3) is 0.286. The molecule has 1 N–H and O–H groups in total. The van der Waals surface area contributed by atoms with Gasteiger partial charge in [0, 0.05) is 23.7 Å². The molecule has 0 saturated carbocycles. The Kier molecular flexibility index (Phi) is 10.9. The lowest BCUT2D eigenvalue weighted by atomic mass is 9.93. The quantitative estimate of drug-likeness (QED) is 0.0684. The van der Waals surface area contributed by atoms with Gasteiger partial charge in [0.2, 0.25) is 6.33 Å². The van der Waals surface area contributed by atoms with Crippen molar-refractivity contribution in [1.82, 2.24) is 24.5 Å². The van der Waals surface area contributed by atoms with E-state index >= 15 is 4.39 Å². The lowest BCUT2D eigenvalue weighted by Crippen LogP contribution is -2.38. The minimum atomic E-state index is -4.28. The number of hydrogen-bond acceptors (Lipinski definition) is 7. The molecule has 0 spiro atoms. The normalized spacial score (nSPS) is 13.2. The number of esters is 1. The van der Waals surface area contributed by atoms with Gasteiger partial charge in [0.1, 0.15) is 41.6 Å². The molecular formula is C35H33F6N6O4+. The van der Waals surface area contributed by atoms with Crippen LogP contribution in [0.4, 0.5) is 26.3 Å². The van der Waals surface area contributed by atoms with E-state index in [9.17, 15) is 31.9 Å². The van der Waals surface area contributed by atoms with E-state index in [-0.39, 0.29) is 30.2 Å². The Balaban J connectivity index is 1.30. The van der Waals surface area contributed by atoms with Gasteiger partial charge in [0.05, 0.1) is 13.1 Å². The van der Waals surface area contributed by atoms with Gasteiger partial charge in [-0.25, -0.2) is 31.8 Å². The number of benzene rings is 3. The van der Waals surface area contributed by atoms with Crippen LogP contribution in [0.1, 0.15) is 40.6 Å². The Hall–Kier alpha value is -5.51. The first-order chi connectivity index (χ1) is 24.1. The highest BCUT2D eigenvalue weighted by atomic mass is 19.3. The van der Waals surface area contributed by atoms with Gasteiger partial charge in [-0.2, -0.15) is 13.9 Å². The van der Waals surface area contributed by atoms with Crippen LogP contribution in [-0.2, 0) is 30.0 Å². The van der Waals surface area contributed by atoms with Gasteiger partial charge in [-0.1, -0.05) is 24.3 Å². The molecule has 0 amide bonds. The molecule has 268 valence electrons. The molecular weight excluding hydrogens is 682 g/mol. The highest BCUT2D eigenvalue weighted by Crippen LogP contribution is 2.29. The summed E-state index contributed by atoms with van der Waals surface area (Å²) in [6.07, 6.45) is 3.74. The first-order valence-electron chi connectivity index (χ1n) is 15.4. The average Bonchev–Trinajstić information content (AvgIpc) is 3.69. The predicted octanol–water partition coefficient (Wildman–Crippen LogP) is 5.67. The van der Waals surface area contributed by atoms with Crippen LogP contribution in [-0.4, -0.2) is 54.6 Å². The van der Waals surface area contributed by atoms with E-state index in [2.05, 4.69) is 15.2 Å². The van der Waals surface area contributed by atoms with E-state index in [1.165, 1.54) is 59.3 Å². The summed E-state index contributed by atoms with van der Waals surface area (Å²) in [5, 5.41) is 20.6. The molecule has 0 aliphatic heterocycles. The van der Waals surface area contributed by atoms with E-state index in [1.54, 1.807) is 17.0 Å². The molecule has 2 heterocycles. The number of carbonyl (C=O) groups excluding carboxylic acids is 1. The van der Waals surface area contributed by atoms with Gasteiger partial charge in [-0.3, -0.25) is 4.79 Å². The second kappa shape index (κ2) is 15.2. The zero-order valence-electron chi connectivity index (χ0n) is 27.6. The summed E-state index contributed by atoms with van der Waals surface area (Å²) in [5.74, 6) is -5.82. The Labute approximate surface area is 288 Å². The first kappa shape index (κ1) is 36.8. The van der Waals surface area contributed by atoms with Crippen molar-refractivity contribution >= 4 is 18.1 Å². The highest BCUT2D eigenvalue weighted by molar-refractivity contribution is 5.70. The van der Waals surface area contributed by atoms with Gasteiger partial charge in [-0.05, 0) is 72.5 Å². The van der Waals surface area contributed by atoms with E-state index in [1.807, 2.05) is 26.0 Å². The van der Waals surface area contributed by atoms with Crippen LogP contribution in [0.2, 0.25) is 0 Å². The Morgan fingerprint density at radius 1 is 1.00 bits per heavy atom. The largest absolute Gasteiger partial charge is 0.487 e. The standard InChI is InChI=1S/C35H33F6N6O4/c1-22-12-26(13-23(2)32(22)51-24(3)48)15-45-20-43-47(21-45)17-34(49,29-10-7-27(36)14-30(29)37)16-46-19-42-31(44-46)11-6-25-4-8-28(9-5-25)50-18-35(40,41)33(38)39/h4-14,19-21,33,49H,15-18H2,1-3H3/q+1. The van der Waals surface area contributed by atoms with Crippen LogP contribution in [0, 0.1) is 25.5 Å². The Bertz CT molecular complexity index is 2010. The number of nitrogens with zero attached hydrogens (tertiary/aromatic N) is 6. The number of halogens is 6. The molecule has 0 radical (unpaired) electrons. The van der Waals surface area contributed by atoms with Crippen molar-refractivity contribution in [3.05, 3.63) is 119 Å². The number of alkyl halides is 4. The Morgan fingerprint density at radius 3 is 2.33 bits per heavy atom. The molecule has 1 unspecified atom stereocenters. The maximum Gasteiger partial charge on any atom is 0.340 e. The van der Waals surface area contributed by atoms with Crippen molar-refractivity contribution in [2.24, 2.45) is 0 Å². The summed E-state index contributed by atoms with van der Waals surface area (Å²) in [7, 11) is 0. The fourth-order valence-electron chi connectivity index (χ4n) is 5.35. The molecule has 0 saturated heterocycles. The average molecular weight is 716 g/mol. The van der Waals surface area contributed by atoms with Gasteiger partial charge in [0.15, 0.2) is 12.4 Å². The number of ether oxygens (including phenoxy) is 2. The molecule has 0 aliphatic rings. The maximum atomic E-state index is 15.1. The van der Waals surface area contributed by atoms with Crippen molar-refractivity contribution in [2.45, 2.75) is 58.4 Å². The molecule has 0 bridgehead atoms. The van der Waals surface area contributed by atoms with Crippen LogP contribution in [0.5, 0.6) is 11.5 Å². The van der Waals surface area contributed by atoms with Crippen molar-refractivity contribution in [1.29, 1.82) is 0 Å². The van der Waals surface area contributed by atoms with E-state index in [0.717, 1.165) is 28.8 Å². The minimum Gasteiger partial charge on any atom is -0.487 e. The number of aryl methyl sites for hydroxylation is 2. The zero-order chi connectivity index (χ0) is 36.9. The summed E-state index contributed by atoms with van der Waals surface area (Å²) in [4.78, 5) is 15.7. The number of carbonyl (C=O) groups is 1. The SMILES string of the molecule is CC(=O)Oc1c(C)cc(C[n+]2cnn(CC(O)(Cn3cnc(C=Cc4ccc(OCC(F)(F)C(F)F)cc4)n3)c3ccc(F)cc3F)c2)cc1C. The Morgan fingerprint density at radius 2 is 1.69 bits per heavy atom. The van der Waals surface area contributed by atoms with Crippen LogP contribution in [0.25, 0.3) is 12.2 Å². The summed E-state index contributed by atoms with van der Waals surface area (Å²) >= 11 is 0. The molecule has 0 aliphatic carbocycles. The lowest BCUT2D eigenvalue weighted by molar-refractivity contribution is -0.689. The topological polar surface area (TPSA) is 108 Å². The second-order valence-electron chi connectivity index (χ2n) is 12.0. The molecule has 10 nitrogen and oxygen atoms in total. The number of hydrogen-bond donors (Lipinski definition) is 1. The van der Waals surface area contributed by atoms with Gasteiger partial charge in [0.25, 0.3) is 6.33 Å². The smallest absolute Gasteiger partial charge is 0.340 e. The van der Waals surface area contributed by atoms with Crippen LogP contribution < -0.4 is 14.0 Å². The van der Waals surface area contributed by atoms with E-state index in [4.69, 9.17) is 9.47 Å². The van der Waals surface area contributed by atoms with Crippen LogP contribution in [0.3, 0.4) is 0 Å². The minimum absolute atomic E-state index is 0.0232. The van der Waals surface area contributed by atoms with Gasteiger partial charge < -0.3 is 14.6 Å². The van der Waals surface area contributed by atoms with Crippen molar-refractivity contribution in [3.8, 4) is 11.5 Å². The monoisotopic (exact) mass is 715 g/mol. The highest BCUT2D eigenvalue weighted by Gasteiger charge is 2.41. The maximum absolute atomic E-state index is 15.1. The molecule has 51 heavy (non-hydrogen) atoms. The molecule has 16 heteroatoms. The summed E-state index contributed by atoms with van der Waals surface area (Å²) in [6, 6.07) is 12.3. The van der Waals surface area contributed by atoms with Gasteiger partial charge in [-0.15, -0.1) is 4.68 Å². The third-order valence-electron chi connectivity index (χ3n) is 7.65. The third-order valence-corrected chi connectivity index (χ3v) is 7.65. The van der Waals surface area contributed by atoms with Gasteiger partial charge >= 0.3 is 18.3 Å². The van der Waals surface area contributed by atoms with Crippen molar-refractivity contribution < 1.29 is 50.3 Å². The lowest BCUT2D eigenvalue weighted by Gasteiger charge is -2.26. The fourth-order valence-corrected chi connectivity index (χ4v) is 5.35. The third kappa shape index (κ3) is 9.39. The van der Waals surface area contributed by atoms with Crippen molar-refractivity contribution in [3.63, 3.8) is 0 Å². The van der Waals surface area contributed by atoms with Crippen LogP contribution >= 0.6 is 0 Å². The molecule has 5 rings (SSSR count). The van der Waals surface area contributed by atoms with E-state index < -0.39 is 42.2 Å². The predicted molar refractivity (Wildman–Crippen MR) is 171 cm³/mol. The first-order valence-corrected chi connectivity index (χ1v) is 15.4. The van der Waals surface area contributed by atoms with Crippen LogP contribution in [0.15, 0.2) is 73.6 Å². The molecule has 2 aromatic heterocycles. The summed E-state index contributed by atoms with van der Waals surface area (Å²) in [5.41, 5.74) is 0.859. The summed E-state index contributed by atoms with van der Waals surface area (Å²) in [6.45, 7) is 3.35. The number of aromatic nitrogens is 6. The molecule has 1 atom stereocenters. The van der Waals surface area contributed by atoms with Crippen molar-refractivity contribution in [2.75, 3.05) is 6.61 Å². The van der Waals surface area contributed by atoms with E-state index in [0.29, 0.717) is 23.9 Å². The summed E-state index contributed by atoms with van der Waals surface area (Å²) < 4.78 is 94.5. The molecule has 3 aromatic carbocycles. The number of aliphatic hydroxyl groups is 1. The molecule has 5 aromatic rings. The zero-order valence-corrected chi connectivity index (χ0v) is 27.6. The number of rotatable bonds is 14. The second-order valence-corrected chi connectivity index (χ2v) is 12.0.